The molecule has 0 fully saturated rings. The normalized spacial score (nSPS) is 9.41. The summed E-state index contributed by atoms with van der Waals surface area (Å²) in [5.74, 6) is 0.188. The number of rotatable bonds is 4. The molecule has 0 aliphatic rings. The molecular formula is C14H21NO2. The van der Waals surface area contributed by atoms with E-state index in [0.717, 1.165) is 6.42 Å². The first-order valence-corrected chi connectivity index (χ1v) is 5.76. The van der Waals surface area contributed by atoms with Crippen LogP contribution in [0.4, 0.5) is 0 Å². The first kappa shape index (κ1) is 15.4. The summed E-state index contributed by atoms with van der Waals surface area (Å²) in [5.41, 5.74) is 5.72. The van der Waals surface area contributed by atoms with E-state index in [1.165, 1.54) is 12.5 Å². The molecular weight excluding hydrogens is 214 g/mol. The molecule has 94 valence electrons. The number of benzene rings is 1. The van der Waals surface area contributed by atoms with Crippen molar-refractivity contribution >= 4 is 11.7 Å². The fraction of sp³-hybridized carbons (Fsp3) is 0.429. The van der Waals surface area contributed by atoms with Gasteiger partial charge >= 0.3 is 0 Å². The van der Waals surface area contributed by atoms with E-state index in [-0.39, 0.29) is 11.8 Å². The first-order valence-electron chi connectivity index (χ1n) is 5.76. The molecule has 1 aromatic carbocycles. The molecule has 0 aliphatic carbocycles. The molecule has 0 radical (unpaired) electrons. The van der Waals surface area contributed by atoms with Crippen LogP contribution in [0, 0.1) is 5.92 Å². The molecule has 0 aromatic heterocycles. The van der Waals surface area contributed by atoms with Crippen LogP contribution in [0.25, 0.3) is 0 Å². The second kappa shape index (κ2) is 8.50. The molecule has 3 nitrogen and oxygen atoms in total. The summed E-state index contributed by atoms with van der Waals surface area (Å²) in [5, 5.41) is 0. The lowest BCUT2D eigenvalue weighted by atomic mass is 10.0. The third kappa shape index (κ3) is 9.30. The number of carbonyl (C=O) groups excluding carboxylic acids is 2. The van der Waals surface area contributed by atoms with Crippen molar-refractivity contribution in [2.24, 2.45) is 11.7 Å². The highest BCUT2D eigenvalue weighted by Crippen LogP contribution is 2.06. The Morgan fingerprint density at radius 2 is 1.65 bits per heavy atom. The van der Waals surface area contributed by atoms with Crippen molar-refractivity contribution in [1.82, 2.24) is 0 Å². The number of amides is 1. The lowest BCUT2D eigenvalue weighted by molar-refractivity contribution is -0.121. The number of Topliss-reactive ketones (excluding diaryl/α,β-unsaturated/α-hetero) is 1. The van der Waals surface area contributed by atoms with Crippen molar-refractivity contribution in [3.05, 3.63) is 35.9 Å². The molecule has 17 heavy (non-hydrogen) atoms. The zero-order valence-corrected chi connectivity index (χ0v) is 10.8. The van der Waals surface area contributed by atoms with Crippen molar-refractivity contribution in [2.75, 3.05) is 0 Å². The van der Waals surface area contributed by atoms with Gasteiger partial charge in [-0.1, -0.05) is 44.2 Å². The fourth-order valence-corrected chi connectivity index (χ4v) is 1.20. The summed E-state index contributed by atoms with van der Waals surface area (Å²) in [6, 6.07) is 10.1. The van der Waals surface area contributed by atoms with Gasteiger partial charge in [0.25, 0.3) is 0 Å². The zero-order valence-electron chi connectivity index (χ0n) is 10.8. The van der Waals surface area contributed by atoms with E-state index in [1.807, 2.05) is 32.0 Å². The van der Waals surface area contributed by atoms with Crippen LogP contribution in [0.5, 0.6) is 0 Å². The SMILES string of the molecule is CC(C)C(=O)CCc1ccccc1.CC(N)=O. The van der Waals surface area contributed by atoms with Gasteiger partial charge in [-0.05, 0) is 12.0 Å². The van der Waals surface area contributed by atoms with Crippen LogP contribution in [0.15, 0.2) is 30.3 Å². The zero-order chi connectivity index (χ0) is 13.3. The smallest absolute Gasteiger partial charge is 0.214 e. The van der Waals surface area contributed by atoms with Gasteiger partial charge in [0.15, 0.2) is 0 Å². The van der Waals surface area contributed by atoms with Gasteiger partial charge in [0, 0.05) is 19.3 Å². The minimum absolute atomic E-state index is 0.170. The van der Waals surface area contributed by atoms with E-state index in [2.05, 4.69) is 17.9 Å². The third-order valence-corrected chi connectivity index (χ3v) is 2.15. The van der Waals surface area contributed by atoms with Crippen molar-refractivity contribution in [3.8, 4) is 0 Å². The van der Waals surface area contributed by atoms with E-state index in [9.17, 15) is 9.59 Å². The maximum absolute atomic E-state index is 11.3. The van der Waals surface area contributed by atoms with Gasteiger partial charge in [-0.15, -0.1) is 0 Å². The molecule has 1 aromatic rings. The monoisotopic (exact) mass is 235 g/mol. The van der Waals surface area contributed by atoms with E-state index in [0.29, 0.717) is 12.2 Å². The van der Waals surface area contributed by atoms with Crippen LogP contribution in [-0.4, -0.2) is 11.7 Å². The summed E-state index contributed by atoms with van der Waals surface area (Å²) >= 11 is 0. The summed E-state index contributed by atoms with van der Waals surface area (Å²) in [6.07, 6.45) is 1.54. The quantitative estimate of drug-likeness (QED) is 0.870. The van der Waals surface area contributed by atoms with E-state index >= 15 is 0 Å². The van der Waals surface area contributed by atoms with Crippen molar-refractivity contribution in [3.63, 3.8) is 0 Å². The number of primary amides is 1. The fourth-order valence-electron chi connectivity index (χ4n) is 1.20. The Bertz CT molecular complexity index is 340. The van der Waals surface area contributed by atoms with Gasteiger partial charge in [-0.25, -0.2) is 0 Å². The molecule has 0 saturated carbocycles. The average Bonchev–Trinajstić information content (AvgIpc) is 2.26. The van der Waals surface area contributed by atoms with Crippen LogP contribution in [0.3, 0.4) is 0 Å². The highest BCUT2D eigenvalue weighted by atomic mass is 16.1. The van der Waals surface area contributed by atoms with Crippen LogP contribution in [0.2, 0.25) is 0 Å². The molecule has 0 spiro atoms. The van der Waals surface area contributed by atoms with Gasteiger partial charge in [-0.2, -0.15) is 0 Å². The molecule has 0 atom stereocenters. The average molecular weight is 235 g/mol. The maximum Gasteiger partial charge on any atom is 0.214 e. The molecule has 2 N–H and O–H groups in total. The standard InChI is InChI=1S/C12H16O.C2H5NO/c1-10(2)12(13)9-8-11-6-4-3-5-7-11;1-2(3)4/h3-7,10H,8-9H2,1-2H3;1H3,(H2,3,4). The van der Waals surface area contributed by atoms with Crippen LogP contribution < -0.4 is 5.73 Å². The molecule has 1 amide bonds. The van der Waals surface area contributed by atoms with Crippen molar-refractivity contribution < 1.29 is 9.59 Å². The van der Waals surface area contributed by atoms with E-state index in [1.54, 1.807) is 0 Å². The number of ketones is 1. The van der Waals surface area contributed by atoms with Crippen LogP contribution >= 0.6 is 0 Å². The lowest BCUT2D eigenvalue weighted by Gasteiger charge is -2.03. The predicted octanol–water partition coefficient (Wildman–Crippen LogP) is 2.34. The first-order chi connectivity index (χ1) is 7.93. The summed E-state index contributed by atoms with van der Waals surface area (Å²) in [4.78, 5) is 20.5. The summed E-state index contributed by atoms with van der Waals surface area (Å²) in [6.45, 7) is 5.21. The number of nitrogens with two attached hydrogens (primary N) is 1. The number of hydrogen-bond donors (Lipinski definition) is 1. The molecule has 0 bridgehead atoms. The van der Waals surface area contributed by atoms with Crippen LogP contribution in [-0.2, 0) is 16.0 Å². The maximum atomic E-state index is 11.3. The van der Waals surface area contributed by atoms with Crippen molar-refractivity contribution in [1.29, 1.82) is 0 Å². The second-order valence-corrected chi connectivity index (χ2v) is 4.22. The van der Waals surface area contributed by atoms with Gasteiger partial charge in [-0.3, -0.25) is 9.59 Å². The Morgan fingerprint density at radius 1 is 1.18 bits per heavy atom. The second-order valence-electron chi connectivity index (χ2n) is 4.22. The minimum Gasteiger partial charge on any atom is -0.370 e. The topological polar surface area (TPSA) is 60.2 Å². The number of aryl methyl sites for hydroxylation is 1. The van der Waals surface area contributed by atoms with Gasteiger partial charge in [0.1, 0.15) is 5.78 Å². The molecule has 0 heterocycles. The molecule has 0 saturated heterocycles. The van der Waals surface area contributed by atoms with Gasteiger partial charge in [0.05, 0.1) is 0 Å². The highest BCUT2D eigenvalue weighted by Gasteiger charge is 2.06. The third-order valence-electron chi connectivity index (χ3n) is 2.15. The van der Waals surface area contributed by atoms with Gasteiger partial charge < -0.3 is 5.73 Å². The molecule has 0 unspecified atom stereocenters. The predicted molar refractivity (Wildman–Crippen MR) is 69.5 cm³/mol. The molecule has 3 heteroatoms. The van der Waals surface area contributed by atoms with E-state index in [4.69, 9.17) is 0 Å². The van der Waals surface area contributed by atoms with Crippen molar-refractivity contribution in [2.45, 2.75) is 33.6 Å². The summed E-state index contributed by atoms with van der Waals surface area (Å²) < 4.78 is 0. The van der Waals surface area contributed by atoms with E-state index < -0.39 is 0 Å². The Labute approximate surface area is 103 Å². The largest absolute Gasteiger partial charge is 0.370 e. The van der Waals surface area contributed by atoms with Gasteiger partial charge in [0.2, 0.25) is 5.91 Å². The Morgan fingerprint density at radius 3 is 2.06 bits per heavy atom. The Balaban J connectivity index is 0.000000557. The Kier molecular flexibility index (Phi) is 7.68. The summed E-state index contributed by atoms with van der Waals surface area (Å²) in [7, 11) is 0. The van der Waals surface area contributed by atoms with Crippen LogP contribution in [0.1, 0.15) is 32.8 Å². The lowest BCUT2D eigenvalue weighted by Crippen LogP contribution is -2.07. The number of hydrogen-bond acceptors (Lipinski definition) is 2. The highest BCUT2D eigenvalue weighted by molar-refractivity contribution is 5.80. The minimum atomic E-state index is -0.333. The molecule has 1 rings (SSSR count). The molecule has 0 aliphatic heterocycles. The Hall–Kier alpha value is -1.64. The number of carbonyl (C=O) groups is 2.